The number of carbonyl (C=O) groups is 2. The minimum atomic E-state index is -0.297. The van der Waals surface area contributed by atoms with Crippen molar-refractivity contribution in [3.8, 4) is 0 Å². The Hall–Kier alpha value is -1.08. The van der Waals surface area contributed by atoms with Gasteiger partial charge in [-0.15, -0.1) is 23.1 Å². The summed E-state index contributed by atoms with van der Waals surface area (Å²) in [6.45, 7) is 7.29. The molecule has 2 heterocycles. The lowest BCUT2D eigenvalue weighted by molar-refractivity contribution is -0.143. The van der Waals surface area contributed by atoms with Gasteiger partial charge in [-0.05, 0) is 27.2 Å². The molecule has 1 aromatic heterocycles. The first-order valence-electron chi connectivity index (χ1n) is 7.63. The average Bonchev–Trinajstić information content (AvgIpc) is 3.14. The topological polar surface area (TPSA) is 53.5 Å². The van der Waals surface area contributed by atoms with E-state index < -0.39 is 0 Å². The third kappa shape index (κ3) is 4.01. The van der Waals surface area contributed by atoms with E-state index in [-0.39, 0.29) is 17.9 Å². The summed E-state index contributed by atoms with van der Waals surface area (Å²) in [6.07, 6.45) is 1.07. The lowest BCUT2D eigenvalue weighted by Crippen LogP contribution is -2.49. The van der Waals surface area contributed by atoms with Crippen molar-refractivity contribution in [2.24, 2.45) is 0 Å². The van der Waals surface area contributed by atoms with Gasteiger partial charge in [0.05, 0.1) is 16.6 Å². The van der Waals surface area contributed by atoms with Crippen LogP contribution in [0.15, 0.2) is 5.38 Å². The Morgan fingerprint density at radius 2 is 2.14 bits per heavy atom. The third-order valence-corrected chi connectivity index (χ3v) is 5.66. The summed E-state index contributed by atoms with van der Waals surface area (Å²) < 4.78 is 0. The minimum absolute atomic E-state index is 0.0566. The summed E-state index contributed by atoms with van der Waals surface area (Å²) in [5.74, 6) is 1.46. The summed E-state index contributed by atoms with van der Waals surface area (Å²) in [5.41, 5.74) is 0.967. The molecule has 0 saturated carbocycles. The van der Waals surface area contributed by atoms with E-state index in [1.54, 1.807) is 32.9 Å². The maximum absolute atomic E-state index is 12.5. The third-order valence-electron chi connectivity index (χ3n) is 3.82. The van der Waals surface area contributed by atoms with Crippen molar-refractivity contribution in [2.75, 3.05) is 24.7 Å². The zero-order valence-corrected chi connectivity index (χ0v) is 15.0. The SMILES string of the molecule is CCN(CC)C(=O)C1CSCN1C(=O)CCc1csc(C)n1. The van der Waals surface area contributed by atoms with Crippen molar-refractivity contribution in [1.29, 1.82) is 0 Å². The number of aryl methyl sites for hydroxylation is 2. The fourth-order valence-electron chi connectivity index (χ4n) is 2.54. The molecule has 0 bridgehead atoms. The van der Waals surface area contributed by atoms with Gasteiger partial charge in [0.15, 0.2) is 0 Å². The standard InChI is InChI=1S/C15H23N3O2S2/c1-4-17(5-2)15(20)13-9-21-10-18(13)14(19)7-6-12-8-22-11(3)16-12/h8,13H,4-7,9-10H2,1-3H3. The van der Waals surface area contributed by atoms with Crippen LogP contribution in [0.1, 0.15) is 31.0 Å². The van der Waals surface area contributed by atoms with Gasteiger partial charge < -0.3 is 9.80 Å². The number of carbonyl (C=O) groups excluding carboxylic acids is 2. The van der Waals surface area contributed by atoms with Gasteiger partial charge >= 0.3 is 0 Å². The van der Waals surface area contributed by atoms with Crippen LogP contribution in [0.5, 0.6) is 0 Å². The van der Waals surface area contributed by atoms with Crippen LogP contribution >= 0.6 is 23.1 Å². The van der Waals surface area contributed by atoms with Gasteiger partial charge in [0, 0.05) is 30.6 Å². The quantitative estimate of drug-likeness (QED) is 0.796. The number of hydrogen-bond acceptors (Lipinski definition) is 5. The van der Waals surface area contributed by atoms with Gasteiger partial charge in [0.2, 0.25) is 11.8 Å². The van der Waals surface area contributed by atoms with Crippen LogP contribution in [-0.4, -0.2) is 57.4 Å². The molecule has 5 nitrogen and oxygen atoms in total. The summed E-state index contributed by atoms with van der Waals surface area (Å²) >= 11 is 3.26. The first kappa shape index (κ1) is 17.3. The molecular formula is C15H23N3O2S2. The molecule has 1 fully saturated rings. The highest BCUT2D eigenvalue weighted by Gasteiger charge is 2.36. The van der Waals surface area contributed by atoms with Crippen LogP contribution in [0, 0.1) is 6.92 Å². The van der Waals surface area contributed by atoms with Gasteiger partial charge in [-0.1, -0.05) is 0 Å². The van der Waals surface area contributed by atoms with E-state index in [4.69, 9.17) is 0 Å². The van der Waals surface area contributed by atoms with Crippen molar-refractivity contribution < 1.29 is 9.59 Å². The molecule has 1 aliphatic heterocycles. The highest BCUT2D eigenvalue weighted by molar-refractivity contribution is 7.99. The lowest BCUT2D eigenvalue weighted by atomic mass is 10.2. The van der Waals surface area contributed by atoms with E-state index in [2.05, 4.69) is 4.98 Å². The van der Waals surface area contributed by atoms with Crippen LogP contribution in [0.25, 0.3) is 0 Å². The second-order valence-corrected chi connectivity index (χ2v) is 7.31. The molecule has 0 aliphatic carbocycles. The smallest absolute Gasteiger partial charge is 0.246 e. The predicted molar refractivity (Wildman–Crippen MR) is 91.1 cm³/mol. The number of hydrogen-bond donors (Lipinski definition) is 0. The number of likely N-dealkylation sites (N-methyl/N-ethyl adjacent to an activating group) is 1. The number of nitrogens with zero attached hydrogens (tertiary/aromatic N) is 3. The maximum atomic E-state index is 12.5. The molecular weight excluding hydrogens is 318 g/mol. The van der Waals surface area contributed by atoms with E-state index >= 15 is 0 Å². The molecule has 2 rings (SSSR count). The van der Waals surface area contributed by atoms with Crippen molar-refractivity contribution in [2.45, 2.75) is 39.7 Å². The van der Waals surface area contributed by atoms with E-state index in [1.165, 1.54) is 0 Å². The van der Waals surface area contributed by atoms with Gasteiger partial charge in [0.25, 0.3) is 0 Å². The summed E-state index contributed by atoms with van der Waals surface area (Å²) in [7, 11) is 0. The first-order chi connectivity index (χ1) is 10.6. The van der Waals surface area contributed by atoms with Gasteiger partial charge in [0.1, 0.15) is 6.04 Å². The predicted octanol–water partition coefficient (Wildman–Crippen LogP) is 2.15. The number of thioether (sulfide) groups is 1. The molecule has 1 aromatic rings. The van der Waals surface area contributed by atoms with E-state index in [0.29, 0.717) is 37.6 Å². The molecule has 1 unspecified atom stereocenters. The van der Waals surface area contributed by atoms with Crippen LogP contribution in [-0.2, 0) is 16.0 Å². The Morgan fingerprint density at radius 3 is 2.73 bits per heavy atom. The fourth-order valence-corrected chi connectivity index (χ4v) is 4.36. The Bertz CT molecular complexity index is 529. The molecule has 0 N–H and O–H groups in total. The summed E-state index contributed by atoms with van der Waals surface area (Å²) in [4.78, 5) is 32.9. The Labute approximate surface area is 140 Å². The van der Waals surface area contributed by atoms with Crippen molar-refractivity contribution in [1.82, 2.24) is 14.8 Å². The van der Waals surface area contributed by atoms with Gasteiger partial charge in [-0.3, -0.25) is 9.59 Å². The molecule has 7 heteroatoms. The van der Waals surface area contributed by atoms with E-state index in [0.717, 1.165) is 10.7 Å². The molecule has 1 saturated heterocycles. The van der Waals surface area contributed by atoms with Crippen molar-refractivity contribution in [3.05, 3.63) is 16.1 Å². The second kappa shape index (κ2) is 7.97. The molecule has 1 atom stereocenters. The van der Waals surface area contributed by atoms with Crippen molar-refractivity contribution >= 4 is 34.9 Å². The van der Waals surface area contributed by atoms with Crippen LogP contribution in [0.2, 0.25) is 0 Å². The molecule has 0 aromatic carbocycles. The zero-order valence-electron chi connectivity index (χ0n) is 13.4. The highest BCUT2D eigenvalue weighted by atomic mass is 32.2. The number of thiazole rings is 1. The largest absolute Gasteiger partial charge is 0.341 e. The minimum Gasteiger partial charge on any atom is -0.341 e. The maximum Gasteiger partial charge on any atom is 0.246 e. The molecule has 0 spiro atoms. The average molecular weight is 342 g/mol. The van der Waals surface area contributed by atoms with E-state index in [9.17, 15) is 9.59 Å². The zero-order chi connectivity index (χ0) is 16.1. The summed E-state index contributed by atoms with van der Waals surface area (Å²) in [6, 6.07) is -0.297. The van der Waals surface area contributed by atoms with Gasteiger partial charge in [-0.2, -0.15) is 0 Å². The Balaban J connectivity index is 1.94. The number of rotatable bonds is 6. The first-order valence-corrected chi connectivity index (χ1v) is 9.67. The molecule has 2 amide bonds. The van der Waals surface area contributed by atoms with Crippen LogP contribution in [0.4, 0.5) is 0 Å². The summed E-state index contributed by atoms with van der Waals surface area (Å²) in [5, 5.41) is 3.02. The normalized spacial score (nSPS) is 17.8. The molecule has 1 aliphatic rings. The molecule has 0 radical (unpaired) electrons. The van der Waals surface area contributed by atoms with E-state index in [1.807, 2.05) is 26.2 Å². The molecule has 122 valence electrons. The van der Waals surface area contributed by atoms with Crippen LogP contribution in [0.3, 0.4) is 0 Å². The van der Waals surface area contributed by atoms with Crippen molar-refractivity contribution in [3.63, 3.8) is 0 Å². The monoisotopic (exact) mass is 341 g/mol. The Kier molecular flexibility index (Phi) is 6.26. The fraction of sp³-hybridized carbons (Fsp3) is 0.667. The highest BCUT2D eigenvalue weighted by Crippen LogP contribution is 2.24. The second-order valence-electron chi connectivity index (χ2n) is 5.25. The van der Waals surface area contributed by atoms with Gasteiger partial charge in [-0.25, -0.2) is 4.98 Å². The molecule has 22 heavy (non-hydrogen) atoms. The Morgan fingerprint density at radius 1 is 1.41 bits per heavy atom. The van der Waals surface area contributed by atoms with Crippen LogP contribution < -0.4 is 0 Å². The number of aromatic nitrogens is 1. The lowest BCUT2D eigenvalue weighted by Gasteiger charge is -2.28. The number of amides is 2.